The topological polar surface area (TPSA) is 58.6 Å². The highest BCUT2D eigenvalue weighted by atomic mass is 32.1. The third-order valence-electron chi connectivity index (χ3n) is 4.54. The van der Waals surface area contributed by atoms with Crippen molar-refractivity contribution in [2.75, 3.05) is 25.5 Å². The van der Waals surface area contributed by atoms with Gasteiger partial charge in [-0.3, -0.25) is 9.69 Å². The zero-order chi connectivity index (χ0) is 18.8. The van der Waals surface area contributed by atoms with Crippen LogP contribution in [0.3, 0.4) is 0 Å². The van der Waals surface area contributed by atoms with Gasteiger partial charge in [0, 0.05) is 16.3 Å². The summed E-state index contributed by atoms with van der Waals surface area (Å²) in [6.45, 7) is 1.10. The van der Waals surface area contributed by atoms with E-state index < -0.39 is 5.97 Å². The van der Waals surface area contributed by atoms with Crippen LogP contribution in [0.5, 0.6) is 0 Å². The Morgan fingerprint density at radius 1 is 1.19 bits per heavy atom. The molecule has 1 atom stereocenters. The Morgan fingerprint density at radius 3 is 2.81 bits per heavy atom. The normalized spacial score (nSPS) is 16.7. The van der Waals surface area contributed by atoms with Gasteiger partial charge in [0.15, 0.2) is 0 Å². The van der Waals surface area contributed by atoms with Gasteiger partial charge in [-0.2, -0.15) is 0 Å². The molecular weight excluding hydrogens is 400 g/mol. The summed E-state index contributed by atoms with van der Waals surface area (Å²) in [5.74, 6) is -0.559. The van der Waals surface area contributed by atoms with Crippen molar-refractivity contribution in [1.82, 2.24) is 4.90 Å². The SMILES string of the molecule is COC(=O)c1sccc1NC(=O)CN1CCc2sccc2[C@H]1c1cccs1. The highest BCUT2D eigenvalue weighted by molar-refractivity contribution is 7.12. The van der Waals surface area contributed by atoms with E-state index >= 15 is 0 Å². The van der Waals surface area contributed by atoms with E-state index in [2.05, 4.69) is 33.1 Å². The van der Waals surface area contributed by atoms with E-state index in [1.54, 1.807) is 34.1 Å². The van der Waals surface area contributed by atoms with Crippen LogP contribution in [0.15, 0.2) is 40.4 Å². The van der Waals surface area contributed by atoms with E-state index in [-0.39, 0.29) is 18.5 Å². The third kappa shape index (κ3) is 3.70. The Kier molecular flexibility index (Phi) is 5.40. The smallest absolute Gasteiger partial charge is 0.350 e. The first-order chi connectivity index (χ1) is 13.2. The molecule has 0 bridgehead atoms. The molecule has 1 aliphatic heterocycles. The average molecular weight is 419 g/mol. The summed E-state index contributed by atoms with van der Waals surface area (Å²) in [7, 11) is 1.34. The zero-order valence-corrected chi connectivity index (χ0v) is 17.1. The van der Waals surface area contributed by atoms with Crippen molar-refractivity contribution in [1.29, 1.82) is 0 Å². The van der Waals surface area contributed by atoms with Crippen molar-refractivity contribution in [3.8, 4) is 0 Å². The number of nitrogens with zero attached hydrogens (tertiary/aromatic N) is 1. The van der Waals surface area contributed by atoms with Crippen LogP contribution in [0.25, 0.3) is 0 Å². The molecule has 0 fully saturated rings. The molecule has 3 aromatic rings. The van der Waals surface area contributed by atoms with Crippen LogP contribution in [0.1, 0.15) is 31.0 Å². The fourth-order valence-electron chi connectivity index (χ4n) is 3.35. The first-order valence-corrected chi connectivity index (χ1v) is 11.1. The van der Waals surface area contributed by atoms with E-state index in [4.69, 9.17) is 4.74 Å². The summed E-state index contributed by atoms with van der Waals surface area (Å²) >= 11 is 4.76. The molecule has 0 unspecified atom stereocenters. The molecular formula is C19H18N2O3S3. The second kappa shape index (κ2) is 7.93. The number of methoxy groups -OCH3 is 1. The second-order valence-corrected chi connectivity index (χ2v) is 9.04. The largest absolute Gasteiger partial charge is 0.465 e. The summed E-state index contributed by atoms with van der Waals surface area (Å²) in [6, 6.07) is 8.18. The van der Waals surface area contributed by atoms with Gasteiger partial charge in [0.05, 0.1) is 25.4 Å². The van der Waals surface area contributed by atoms with Crippen LogP contribution in [0.4, 0.5) is 5.69 Å². The third-order valence-corrected chi connectivity index (χ3v) is 7.35. The number of carbonyl (C=O) groups is 2. The molecule has 1 N–H and O–H groups in total. The van der Waals surface area contributed by atoms with E-state index in [0.29, 0.717) is 10.6 Å². The van der Waals surface area contributed by atoms with Crippen molar-refractivity contribution in [3.05, 3.63) is 60.6 Å². The Bertz CT molecular complexity index is 945. The lowest BCUT2D eigenvalue weighted by atomic mass is 9.98. The Balaban J connectivity index is 1.52. The summed E-state index contributed by atoms with van der Waals surface area (Å²) in [5, 5.41) is 8.84. The van der Waals surface area contributed by atoms with E-state index in [1.165, 1.54) is 33.8 Å². The molecule has 0 saturated heterocycles. The predicted octanol–water partition coefficient (Wildman–Crippen LogP) is 4.24. The molecule has 0 aliphatic carbocycles. The highest BCUT2D eigenvalue weighted by Crippen LogP contribution is 2.39. The number of carbonyl (C=O) groups excluding carboxylic acids is 2. The van der Waals surface area contributed by atoms with Gasteiger partial charge in [-0.1, -0.05) is 6.07 Å². The monoisotopic (exact) mass is 418 g/mol. The van der Waals surface area contributed by atoms with Crippen LogP contribution in [0, 0.1) is 0 Å². The van der Waals surface area contributed by atoms with Gasteiger partial charge in [-0.25, -0.2) is 4.79 Å². The molecule has 0 radical (unpaired) electrons. The zero-order valence-electron chi connectivity index (χ0n) is 14.6. The van der Waals surface area contributed by atoms with Gasteiger partial charge in [0.2, 0.25) is 5.91 Å². The summed E-state index contributed by atoms with van der Waals surface area (Å²) in [4.78, 5) is 29.8. The quantitative estimate of drug-likeness (QED) is 0.630. The highest BCUT2D eigenvalue weighted by Gasteiger charge is 2.31. The Hall–Kier alpha value is -2.00. The minimum absolute atomic E-state index is 0.105. The fraction of sp³-hybridized carbons (Fsp3) is 0.263. The Morgan fingerprint density at radius 2 is 2.04 bits per heavy atom. The molecule has 0 aromatic carbocycles. The number of esters is 1. The molecule has 4 rings (SSSR count). The molecule has 5 nitrogen and oxygen atoms in total. The molecule has 4 heterocycles. The van der Waals surface area contributed by atoms with Gasteiger partial charge >= 0.3 is 5.97 Å². The predicted molar refractivity (Wildman–Crippen MR) is 110 cm³/mol. The standard InChI is InChI=1S/C19H18N2O3S3/c1-24-19(23)18-13(6-10-27-18)20-16(22)11-21-7-4-14-12(5-9-26-14)17(21)15-3-2-8-25-15/h2-3,5-6,8-10,17H,4,7,11H2,1H3,(H,20,22)/t17-/m0/s1. The number of rotatable bonds is 5. The lowest BCUT2D eigenvalue weighted by molar-refractivity contribution is -0.117. The van der Waals surface area contributed by atoms with Crippen molar-refractivity contribution < 1.29 is 14.3 Å². The molecule has 27 heavy (non-hydrogen) atoms. The first-order valence-electron chi connectivity index (χ1n) is 8.46. The molecule has 8 heteroatoms. The summed E-state index contributed by atoms with van der Waals surface area (Å²) < 4.78 is 4.78. The number of hydrogen-bond donors (Lipinski definition) is 1. The average Bonchev–Trinajstić information content (AvgIpc) is 3.42. The second-order valence-electron chi connectivity index (χ2n) is 6.14. The lowest BCUT2D eigenvalue weighted by Crippen LogP contribution is -2.40. The van der Waals surface area contributed by atoms with Crippen molar-refractivity contribution in [2.45, 2.75) is 12.5 Å². The lowest BCUT2D eigenvalue weighted by Gasteiger charge is -2.34. The van der Waals surface area contributed by atoms with Crippen LogP contribution in [-0.2, 0) is 16.0 Å². The molecule has 1 amide bonds. The van der Waals surface area contributed by atoms with E-state index in [9.17, 15) is 9.59 Å². The number of ether oxygens (including phenoxy) is 1. The van der Waals surface area contributed by atoms with Gasteiger partial charge in [0.25, 0.3) is 0 Å². The van der Waals surface area contributed by atoms with Crippen LogP contribution < -0.4 is 5.32 Å². The first kappa shape index (κ1) is 18.4. The van der Waals surface area contributed by atoms with Gasteiger partial charge in [-0.05, 0) is 46.3 Å². The molecule has 140 valence electrons. The molecule has 0 saturated carbocycles. The van der Waals surface area contributed by atoms with Gasteiger partial charge in [-0.15, -0.1) is 34.0 Å². The van der Waals surface area contributed by atoms with Crippen molar-refractivity contribution in [2.24, 2.45) is 0 Å². The maximum atomic E-state index is 12.7. The van der Waals surface area contributed by atoms with Gasteiger partial charge < -0.3 is 10.1 Å². The van der Waals surface area contributed by atoms with Crippen LogP contribution in [-0.4, -0.2) is 37.0 Å². The number of amides is 1. The maximum absolute atomic E-state index is 12.7. The number of hydrogen-bond acceptors (Lipinski definition) is 7. The minimum Gasteiger partial charge on any atom is -0.465 e. The summed E-state index contributed by atoms with van der Waals surface area (Å²) in [5.41, 5.74) is 1.81. The van der Waals surface area contributed by atoms with E-state index in [1.807, 2.05) is 6.07 Å². The molecule has 0 spiro atoms. The minimum atomic E-state index is -0.433. The maximum Gasteiger partial charge on any atom is 0.350 e. The van der Waals surface area contributed by atoms with Crippen LogP contribution in [0.2, 0.25) is 0 Å². The summed E-state index contributed by atoms with van der Waals surface area (Å²) in [6.07, 6.45) is 0.952. The number of fused-ring (bicyclic) bond motifs is 1. The van der Waals surface area contributed by atoms with Crippen molar-refractivity contribution >= 4 is 51.6 Å². The van der Waals surface area contributed by atoms with Crippen LogP contribution >= 0.6 is 34.0 Å². The fourth-order valence-corrected chi connectivity index (χ4v) is 5.90. The molecule has 1 aliphatic rings. The Labute approximate surface area is 169 Å². The molecule has 3 aromatic heterocycles. The van der Waals surface area contributed by atoms with E-state index in [0.717, 1.165) is 13.0 Å². The van der Waals surface area contributed by atoms with Crippen molar-refractivity contribution in [3.63, 3.8) is 0 Å². The number of thiophene rings is 3. The van der Waals surface area contributed by atoms with Gasteiger partial charge in [0.1, 0.15) is 4.88 Å². The number of anilines is 1. The number of nitrogens with one attached hydrogen (secondary N) is 1.